The van der Waals surface area contributed by atoms with Crippen LogP contribution in [0.5, 0.6) is 0 Å². The molecule has 2 fully saturated rings. The third-order valence-electron chi connectivity index (χ3n) is 9.52. The Morgan fingerprint density at radius 1 is 0.463 bits per heavy atom. The van der Waals surface area contributed by atoms with Gasteiger partial charge in [-0.1, -0.05) is 152 Å². The smallest absolute Gasteiger partial charge is 0.187 e. The summed E-state index contributed by atoms with van der Waals surface area (Å²) in [7, 11) is 0. The molecule has 2 aliphatic rings. The highest BCUT2D eigenvalue weighted by Crippen LogP contribution is 2.34. The zero-order chi connectivity index (χ0) is 36.8. The van der Waals surface area contributed by atoms with Crippen LogP contribution in [0.3, 0.4) is 0 Å². The highest BCUT2D eigenvalue weighted by atomic mass is 16.8. The Balaban J connectivity index is 1.16. The third-order valence-corrected chi connectivity index (χ3v) is 9.52. The molecule has 7 rings (SSSR count). The summed E-state index contributed by atoms with van der Waals surface area (Å²) in [6.45, 7) is 1.91. The molecule has 9 heteroatoms. The highest BCUT2D eigenvalue weighted by molar-refractivity contribution is 5.17. The van der Waals surface area contributed by atoms with Gasteiger partial charge in [-0.15, -0.1) is 0 Å². The lowest BCUT2D eigenvalue weighted by Crippen LogP contribution is -2.57. The van der Waals surface area contributed by atoms with Crippen LogP contribution in [0.2, 0.25) is 0 Å². The predicted octanol–water partition coefficient (Wildman–Crippen LogP) is 7.00. The van der Waals surface area contributed by atoms with Gasteiger partial charge in [-0.3, -0.25) is 0 Å². The number of benzene rings is 5. The zero-order valence-corrected chi connectivity index (χ0v) is 30.2. The van der Waals surface area contributed by atoms with Crippen LogP contribution >= 0.6 is 0 Å². The van der Waals surface area contributed by atoms with Crippen molar-refractivity contribution in [3.05, 3.63) is 179 Å². The molecule has 282 valence electrons. The molecule has 0 aromatic heterocycles. The second-order valence-corrected chi connectivity index (χ2v) is 13.5. The molecule has 0 bridgehead atoms. The van der Waals surface area contributed by atoms with E-state index in [1.807, 2.05) is 152 Å². The molecular weight excluding hydrogens is 684 g/mol. The summed E-state index contributed by atoms with van der Waals surface area (Å²) >= 11 is 0. The van der Waals surface area contributed by atoms with Crippen LogP contribution in [0.25, 0.3) is 0 Å². The third kappa shape index (κ3) is 10.7. The van der Waals surface area contributed by atoms with E-state index in [2.05, 4.69) is 0 Å². The highest BCUT2D eigenvalue weighted by Gasteiger charge is 2.51. The van der Waals surface area contributed by atoms with Gasteiger partial charge in [0.15, 0.2) is 12.6 Å². The van der Waals surface area contributed by atoms with E-state index >= 15 is 0 Å². The standard InChI is InChI=1S/C45H48O9/c46-44-42(50-29-36-22-12-4-13-23-36)41(38(32-52-44)48-27-34-18-8-2-9-19-34)54-45-43(51-30-37-24-14-5-15-25-37)40(49-28-35-20-10-3-11-21-35)39(53-45)31-47-26-33-16-6-1-7-17-33/h1-25,38-46H,26-32H2/t38-,39+,40+,41+,42-,43-,44-,45+/m1/s1. The molecule has 1 N–H and O–H groups in total. The summed E-state index contributed by atoms with van der Waals surface area (Å²) in [4.78, 5) is 0. The van der Waals surface area contributed by atoms with Gasteiger partial charge in [0.25, 0.3) is 0 Å². The Kier molecular flexibility index (Phi) is 14.0. The van der Waals surface area contributed by atoms with Crippen molar-refractivity contribution in [2.45, 2.75) is 82.2 Å². The van der Waals surface area contributed by atoms with Crippen molar-refractivity contribution in [1.82, 2.24) is 0 Å². The van der Waals surface area contributed by atoms with Crippen LogP contribution < -0.4 is 0 Å². The molecule has 0 amide bonds. The summed E-state index contributed by atoms with van der Waals surface area (Å²) in [5, 5.41) is 11.3. The van der Waals surface area contributed by atoms with Crippen molar-refractivity contribution in [2.75, 3.05) is 13.2 Å². The van der Waals surface area contributed by atoms with Gasteiger partial charge in [-0.05, 0) is 27.8 Å². The second-order valence-electron chi connectivity index (χ2n) is 13.5. The van der Waals surface area contributed by atoms with Crippen molar-refractivity contribution in [3.8, 4) is 0 Å². The van der Waals surface area contributed by atoms with Crippen molar-refractivity contribution in [3.63, 3.8) is 0 Å². The summed E-state index contributed by atoms with van der Waals surface area (Å²) in [5.74, 6) is 0. The summed E-state index contributed by atoms with van der Waals surface area (Å²) < 4.78 is 52.0. The average molecular weight is 733 g/mol. The largest absolute Gasteiger partial charge is 0.374 e. The number of aliphatic hydroxyl groups excluding tert-OH is 1. The van der Waals surface area contributed by atoms with Gasteiger partial charge in [0, 0.05) is 0 Å². The lowest BCUT2D eigenvalue weighted by Gasteiger charge is -2.41. The lowest BCUT2D eigenvalue weighted by molar-refractivity contribution is -0.317. The number of hydrogen-bond donors (Lipinski definition) is 1. The fraction of sp³-hybridized carbons (Fsp3) is 0.333. The van der Waals surface area contributed by atoms with E-state index < -0.39 is 49.2 Å². The van der Waals surface area contributed by atoms with Crippen molar-refractivity contribution < 1.29 is 43.0 Å². The molecule has 0 unspecified atom stereocenters. The average Bonchev–Trinajstić information content (AvgIpc) is 3.55. The van der Waals surface area contributed by atoms with Crippen molar-refractivity contribution in [1.29, 1.82) is 0 Å². The van der Waals surface area contributed by atoms with Gasteiger partial charge >= 0.3 is 0 Å². The van der Waals surface area contributed by atoms with Crippen LogP contribution in [-0.4, -0.2) is 67.5 Å². The molecule has 2 heterocycles. The molecule has 8 atom stereocenters. The lowest BCUT2D eigenvalue weighted by atomic mass is 10.0. The molecule has 2 saturated heterocycles. The molecule has 5 aromatic rings. The fourth-order valence-corrected chi connectivity index (χ4v) is 6.65. The zero-order valence-electron chi connectivity index (χ0n) is 30.2. The molecule has 0 spiro atoms. The Morgan fingerprint density at radius 2 is 0.870 bits per heavy atom. The van der Waals surface area contributed by atoms with Crippen molar-refractivity contribution >= 4 is 0 Å². The Labute approximate surface area is 317 Å². The molecular formula is C45H48O9. The van der Waals surface area contributed by atoms with Crippen molar-refractivity contribution in [2.24, 2.45) is 0 Å². The van der Waals surface area contributed by atoms with Crippen LogP contribution in [0, 0.1) is 0 Å². The van der Waals surface area contributed by atoms with Gasteiger partial charge in [0.2, 0.25) is 0 Å². The van der Waals surface area contributed by atoms with E-state index in [1.165, 1.54) is 0 Å². The Hall–Kier alpha value is -4.26. The predicted molar refractivity (Wildman–Crippen MR) is 202 cm³/mol. The maximum atomic E-state index is 11.3. The van der Waals surface area contributed by atoms with Gasteiger partial charge in [0.1, 0.15) is 36.6 Å². The first kappa shape index (κ1) is 38.0. The molecule has 54 heavy (non-hydrogen) atoms. The summed E-state index contributed by atoms with van der Waals surface area (Å²) in [5.41, 5.74) is 5.01. The minimum absolute atomic E-state index is 0.0870. The van der Waals surface area contributed by atoms with Gasteiger partial charge < -0.3 is 43.0 Å². The first-order valence-electron chi connectivity index (χ1n) is 18.5. The molecule has 0 radical (unpaired) electrons. The molecule has 5 aromatic carbocycles. The van der Waals surface area contributed by atoms with Gasteiger partial charge in [0.05, 0.1) is 46.2 Å². The molecule has 9 nitrogen and oxygen atoms in total. The van der Waals surface area contributed by atoms with Gasteiger partial charge in [-0.25, -0.2) is 0 Å². The number of rotatable bonds is 18. The van der Waals surface area contributed by atoms with Crippen LogP contribution in [0.15, 0.2) is 152 Å². The topological polar surface area (TPSA) is 94.1 Å². The van der Waals surface area contributed by atoms with E-state index in [1.54, 1.807) is 0 Å². The van der Waals surface area contributed by atoms with Gasteiger partial charge in [-0.2, -0.15) is 0 Å². The quantitative estimate of drug-likeness (QED) is 0.102. The van der Waals surface area contributed by atoms with E-state index in [0.29, 0.717) is 26.4 Å². The molecule has 2 aliphatic heterocycles. The molecule has 0 aliphatic carbocycles. The molecule has 0 saturated carbocycles. The number of ether oxygens (including phenoxy) is 8. The monoisotopic (exact) mass is 732 g/mol. The minimum atomic E-state index is -1.27. The number of aliphatic hydroxyl groups is 1. The number of hydrogen-bond acceptors (Lipinski definition) is 9. The SMILES string of the molecule is O[C@@H]1OC[C@@H](OCc2ccccc2)[C@H](O[C@@H]2O[C@@H](COCc3ccccc3)[C@H](OCc3ccccc3)[C@H]2OCc2ccccc2)[C@H]1OCc1ccccc1. The Morgan fingerprint density at radius 3 is 1.35 bits per heavy atom. The van der Waals surface area contributed by atoms with E-state index in [9.17, 15) is 5.11 Å². The van der Waals surface area contributed by atoms with E-state index in [0.717, 1.165) is 27.8 Å². The first-order chi connectivity index (χ1) is 26.7. The Bertz CT molecular complexity index is 1760. The second kappa shape index (κ2) is 19.9. The fourth-order valence-electron chi connectivity index (χ4n) is 6.65. The van der Waals surface area contributed by atoms with E-state index in [-0.39, 0.29) is 19.8 Å². The summed E-state index contributed by atoms with van der Waals surface area (Å²) in [6, 6.07) is 49.7. The first-order valence-corrected chi connectivity index (χ1v) is 18.5. The summed E-state index contributed by atoms with van der Waals surface area (Å²) in [6.07, 6.45) is -6.29. The minimum Gasteiger partial charge on any atom is -0.374 e. The maximum absolute atomic E-state index is 11.3. The maximum Gasteiger partial charge on any atom is 0.187 e. The van der Waals surface area contributed by atoms with Crippen LogP contribution in [0.4, 0.5) is 0 Å². The van der Waals surface area contributed by atoms with Crippen LogP contribution in [-0.2, 0) is 70.9 Å². The van der Waals surface area contributed by atoms with Crippen LogP contribution in [0.1, 0.15) is 27.8 Å². The van der Waals surface area contributed by atoms with E-state index in [4.69, 9.17) is 37.9 Å². The normalized spacial score (nSPS) is 25.4.